The molecular weight excluding hydrogens is 420 g/mol. The van der Waals surface area contributed by atoms with E-state index in [-0.39, 0.29) is 12.5 Å². The van der Waals surface area contributed by atoms with E-state index in [0.717, 1.165) is 12.0 Å². The summed E-state index contributed by atoms with van der Waals surface area (Å²) in [6.45, 7) is 1.83. The number of para-hydroxylation sites is 2. The Labute approximate surface area is 191 Å². The number of benzene rings is 3. The number of rotatable bonds is 8. The second kappa shape index (κ2) is 11.8. The zero-order valence-corrected chi connectivity index (χ0v) is 18.1. The molecule has 168 valence electrons. The Bertz CT molecular complexity index is 1130. The Balaban J connectivity index is 1.44. The first-order valence-corrected chi connectivity index (χ1v) is 10.3. The Hall–Kier alpha value is -4.46. The molecule has 0 fully saturated rings. The molecule has 8 heteroatoms. The van der Waals surface area contributed by atoms with Crippen molar-refractivity contribution in [2.24, 2.45) is 5.10 Å². The van der Waals surface area contributed by atoms with Crippen LogP contribution < -0.4 is 20.8 Å². The number of carbonyl (C=O) groups is 3. The number of aryl methyl sites for hydroxylation is 1. The Morgan fingerprint density at radius 1 is 0.848 bits per heavy atom. The second-order valence-corrected chi connectivity index (χ2v) is 6.94. The summed E-state index contributed by atoms with van der Waals surface area (Å²) < 4.78 is 5.47. The molecule has 3 N–H and O–H groups in total. The van der Waals surface area contributed by atoms with Gasteiger partial charge in [-0.3, -0.25) is 14.4 Å². The number of nitrogens with zero attached hydrogens (tertiary/aromatic N) is 1. The third kappa shape index (κ3) is 7.32. The van der Waals surface area contributed by atoms with Gasteiger partial charge in [0.25, 0.3) is 5.91 Å². The summed E-state index contributed by atoms with van der Waals surface area (Å²) in [7, 11) is 0. The van der Waals surface area contributed by atoms with Gasteiger partial charge in [0.15, 0.2) is 6.61 Å². The molecule has 0 spiro atoms. The van der Waals surface area contributed by atoms with Crippen LogP contribution >= 0.6 is 0 Å². The molecule has 0 aromatic heterocycles. The molecule has 8 nitrogen and oxygen atoms in total. The summed E-state index contributed by atoms with van der Waals surface area (Å²) in [5.41, 5.74) is 5.10. The molecule has 3 amide bonds. The number of amides is 3. The van der Waals surface area contributed by atoms with Gasteiger partial charge in [0, 0.05) is 11.4 Å². The first-order valence-electron chi connectivity index (χ1n) is 10.3. The van der Waals surface area contributed by atoms with Crippen LogP contribution in [0.1, 0.15) is 18.1 Å². The second-order valence-electron chi connectivity index (χ2n) is 6.94. The summed E-state index contributed by atoms with van der Waals surface area (Å²) in [6, 6.07) is 23.1. The third-order valence-electron chi connectivity index (χ3n) is 4.54. The molecule has 0 saturated carbocycles. The minimum atomic E-state index is -0.874. The minimum absolute atomic E-state index is 0.130. The van der Waals surface area contributed by atoms with E-state index in [1.54, 1.807) is 48.5 Å². The zero-order valence-electron chi connectivity index (χ0n) is 18.1. The molecule has 3 aromatic rings. The van der Waals surface area contributed by atoms with Crippen molar-refractivity contribution in [3.05, 3.63) is 90.0 Å². The van der Waals surface area contributed by atoms with Gasteiger partial charge in [0.2, 0.25) is 0 Å². The molecule has 0 aliphatic rings. The highest BCUT2D eigenvalue weighted by Crippen LogP contribution is 2.15. The number of nitrogens with one attached hydrogen (secondary N) is 3. The topological polar surface area (TPSA) is 109 Å². The lowest BCUT2D eigenvalue weighted by Crippen LogP contribution is -2.32. The van der Waals surface area contributed by atoms with Crippen LogP contribution in [0.15, 0.2) is 84.0 Å². The molecule has 0 heterocycles. The average Bonchev–Trinajstić information content (AvgIpc) is 2.84. The number of hydrazone groups is 1. The van der Waals surface area contributed by atoms with E-state index in [1.165, 1.54) is 6.21 Å². The first-order chi connectivity index (χ1) is 16.0. The molecule has 0 saturated heterocycles. The number of ether oxygens (including phenoxy) is 1. The summed E-state index contributed by atoms with van der Waals surface area (Å²) in [4.78, 5) is 36.0. The SMILES string of the molecule is CCc1ccccc1NC(=O)C(=O)N/N=C\c1ccc(OCC(=O)Nc2ccccc2)cc1. The van der Waals surface area contributed by atoms with Crippen molar-refractivity contribution < 1.29 is 19.1 Å². The zero-order chi connectivity index (χ0) is 23.5. The van der Waals surface area contributed by atoms with E-state index >= 15 is 0 Å². The lowest BCUT2D eigenvalue weighted by molar-refractivity contribution is -0.136. The lowest BCUT2D eigenvalue weighted by atomic mass is 10.1. The van der Waals surface area contributed by atoms with Gasteiger partial charge in [0.05, 0.1) is 6.21 Å². The molecule has 0 bridgehead atoms. The monoisotopic (exact) mass is 444 g/mol. The van der Waals surface area contributed by atoms with Crippen molar-refractivity contribution >= 4 is 35.3 Å². The third-order valence-corrected chi connectivity index (χ3v) is 4.54. The van der Waals surface area contributed by atoms with Crippen LogP contribution in [-0.4, -0.2) is 30.5 Å². The molecule has 3 rings (SSSR count). The number of hydrogen-bond donors (Lipinski definition) is 3. The molecule has 0 aliphatic heterocycles. The normalized spacial score (nSPS) is 10.5. The summed E-state index contributed by atoms with van der Waals surface area (Å²) >= 11 is 0. The van der Waals surface area contributed by atoms with Crippen molar-refractivity contribution in [2.45, 2.75) is 13.3 Å². The van der Waals surface area contributed by atoms with Crippen LogP contribution in [0.25, 0.3) is 0 Å². The fourth-order valence-electron chi connectivity index (χ4n) is 2.86. The van der Waals surface area contributed by atoms with Gasteiger partial charge in [-0.15, -0.1) is 0 Å². The lowest BCUT2D eigenvalue weighted by Gasteiger charge is -2.08. The molecule has 0 radical (unpaired) electrons. The van der Waals surface area contributed by atoms with Gasteiger partial charge in [-0.1, -0.05) is 43.3 Å². The Morgan fingerprint density at radius 3 is 2.27 bits per heavy atom. The average molecular weight is 444 g/mol. The van der Waals surface area contributed by atoms with E-state index in [4.69, 9.17) is 4.74 Å². The largest absolute Gasteiger partial charge is 0.484 e. The highest BCUT2D eigenvalue weighted by Gasteiger charge is 2.14. The summed E-state index contributed by atoms with van der Waals surface area (Å²) in [5.74, 6) is -1.44. The van der Waals surface area contributed by atoms with Crippen LogP contribution in [0.5, 0.6) is 5.75 Å². The van der Waals surface area contributed by atoms with Gasteiger partial charge >= 0.3 is 11.8 Å². The van der Waals surface area contributed by atoms with Crippen molar-refractivity contribution in [3.63, 3.8) is 0 Å². The maximum Gasteiger partial charge on any atom is 0.329 e. The highest BCUT2D eigenvalue weighted by molar-refractivity contribution is 6.39. The van der Waals surface area contributed by atoms with Gasteiger partial charge in [-0.05, 0) is 60.0 Å². The van der Waals surface area contributed by atoms with Crippen LogP contribution in [-0.2, 0) is 20.8 Å². The fraction of sp³-hybridized carbons (Fsp3) is 0.120. The van der Waals surface area contributed by atoms with Gasteiger partial charge in [-0.2, -0.15) is 5.10 Å². The number of anilines is 2. The number of hydrogen-bond acceptors (Lipinski definition) is 5. The van der Waals surface area contributed by atoms with Gasteiger partial charge in [-0.25, -0.2) is 5.43 Å². The van der Waals surface area contributed by atoms with Crippen molar-refractivity contribution in [3.8, 4) is 5.75 Å². The van der Waals surface area contributed by atoms with E-state index in [9.17, 15) is 14.4 Å². The Kier molecular flexibility index (Phi) is 8.30. The van der Waals surface area contributed by atoms with Crippen LogP contribution in [0.3, 0.4) is 0 Å². The Morgan fingerprint density at radius 2 is 1.55 bits per heavy atom. The van der Waals surface area contributed by atoms with E-state index in [2.05, 4.69) is 21.2 Å². The smallest absolute Gasteiger partial charge is 0.329 e. The molecule has 33 heavy (non-hydrogen) atoms. The summed E-state index contributed by atoms with van der Waals surface area (Å²) in [5, 5.41) is 9.12. The van der Waals surface area contributed by atoms with Crippen LogP contribution in [0.2, 0.25) is 0 Å². The molecule has 0 aliphatic carbocycles. The fourth-order valence-corrected chi connectivity index (χ4v) is 2.86. The molecule has 0 atom stereocenters. The molecular formula is C25H24N4O4. The molecule has 0 unspecified atom stereocenters. The van der Waals surface area contributed by atoms with Crippen molar-refractivity contribution in [1.29, 1.82) is 0 Å². The van der Waals surface area contributed by atoms with Crippen molar-refractivity contribution in [1.82, 2.24) is 5.43 Å². The first kappa shape index (κ1) is 23.2. The maximum atomic E-state index is 12.1. The van der Waals surface area contributed by atoms with Crippen LogP contribution in [0.4, 0.5) is 11.4 Å². The molecule has 3 aromatic carbocycles. The van der Waals surface area contributed by atoms with E-state index in [0.29, 0.717) is 22.7 Å². The van der Waals surface area contributed by atoms with E-state index in [1.807, 2.05) is 37.3 Å². The van der Waals surface area contributed by atoms with Gasteiger partial charge in [0.1, 0.15) is 5.75 Å². The van der Waals surface area contributed by atoms with Crippen LogP contribution in [0, 0.1) is 0 Å². The standard InChI is InChI=1S/C25H24N4O4/c1-2-19-8-6-7-11-22(19)28-24(31)25(32)29-26-16-18-12-14-21(15-13-18)33-17-23(30)27-20-9-4-3-5-10-20/h3-16H,2,17H2,1H3,(H,27,30)(H,28,31)(H,29,32)/b26-16-. The van der Waals surface area contributed by atoms with Crippen molar-refractivity contribution in [2.75, 3.05) is 17.2 Å². The minimum Gasteiger partial charge on any atom is -0.484 e. The summed E-state index contributed by atoms with van der Waals surface area (Å²) in [6.07, 6.45) is 2.13. The predicted octanol–water partition coefficient (Wildman–Crippen LogP) is 3.36. The highest BCUT2D eigenvalue weighted by atomic mass is 16.5. The van der Waals surface area contributed by atoms with Gasteiger partial charge < -0.3 is 15.4 Å². The maximum absolute atomic E-state index is 12.1. The predicted molar refractivity (Wildman–Crippen MR) is 127 cm³/mol. The number of carbonyl (C=O) groups excluding carboxylic acids is 3. The quantitative estimate of drug-likeness (QED) is 0.281. The van der Waals surface area contributed by atoms with E-state index < -0.39 is 11.8 Å².